The first-order valence-electron chi connectivity index (χ1n) is 51.2. The molecule has 0 spiro atoms. The zero-order valence-electron chi connectivity index (χ0n) is 83.9. The number of phenolic OH excluding ortho intramolecular Hbond substituents is 1. The Balaban J connectivity index is 0.000000120. The molecular formula is C118H158O18. The van der Waals surface area contributed by atoms with Gasteiger partial charge in [0.2, 0.25) is 5.75 Å². The van der Waals surface area contributed by atoms with Crippen molar-refractivity contribution < 1.29 is 89.4 Å². The van der Waals surface area contributed by atoms with Gasteiger partial charge in [-0.15, -0.1) is 0 Å². The Hall–Kier alpha value is -8.14. The molecular weight excluding hydrogens is 1710 g/mol. The number of fused-ring (bicyclic) bond motifs is 20. The maximum absolute atomic E-state index is 11.9. The van der Waals surface area contributed by atoms with E-state index in [1.54, 1.807) is 49.6 Å². The van der Waals surface area contributed by atoms with E-state index in [0.717, 1.165) is 91.1 Å². The Bertz CT molecular complexity index is 5420. The van der Waals surface area contributed by atoms with Crippen LogP contribution in [0.1, 0.15) is 294 Å². The fraction of sp³-hybridized carbons (Fsp3) is 0.610. The number of aryl methyl sites for hydroxylation is 1. The summed E-state index contributed by atoms with van der Waals surface area (Å²) in [7, 11) is 1.68. The molecule has 0 aromatic heterocycles. The van der Waals surface area contributed by atoms with Crippen molar-refractivity contribution in [3.8, 4) is 40.2 Å². The minimum atomic E-state index is -0.373. The number of ketones is 2. The molecule has 738 valence electrons. The third-order valence-corrected chi connectivity index (χ3v) is 40.7. The molecule has 2 saturated heterocycles. The summed E-state index contributed by atoms with van der Waals surface area (Å²) in [4.78, 5) is 23.8. The number of hydrogen-bond acceptors (Lipinski definition) is 18. The topological polar surface area (TPSA) is 303 Å². The molecule has 11 N–H and O–H groups in total. The number of hydrogen-bond donors (Lipinski definition) is 11. The SMILES string of the molecule is C=C(C)C1CC[C@H]2[C@@H]3C=CC4=CC(=O)CC[C@]4(C)[C@H]3C[C@@H](O)[C@]12C.C=C(C)C1CC[C@H]2[C@@H]3CCC4=CC(=O)CC[C@]4(C)[C@H]3C[C@@H](O)[C@]12C.C=C(C)[C@@H]1CC[C@]2(C)CC[C@]3(C)[C@H](CC[C@@H]4[C@@]5(C)CC[C@H](O)C(C)(C)[C@@H]5CC[C@]43C)[C@@H]12.C=C1C=Cc2cc(CO)c(CO)c(O)c2O1.C=C1C=Cc2cc(CO)c(O)c(O)c2O1.COc1cc([C@H]2OC[C@H]3[C@@H]2CO[C@@H]3c2ccc(O)c(CO)c2)ccc1C. The third-order valence-electron chi connectivity index (χ3n) is 40.7. The summed E-state index contributed by atoms with van der Waals surface area (Å²) in [6.07, 6.45) is 40.0. The minimum Gasteiger partial charge on any atom is -0.508 e. The van der Waals surface area contributed by atoms with Gasteiger partial charge in [0.1, 0.15) is 23.0 Å². The zero-order chi connectivity index (χ0) is 98.1. The first kappa shape index (κ1) is 101. The number of benzene rings is 4. The van der Waals surface area contributed by atoms with Crippen LogP contribution in [0.25, 0.3) is 12.2 Å². The fourth-order valence-corrected chi connectivity index (χ4v) is 32.8. The smallest absolute Gasteiger partial charge is 0.202 e. The lowest BCUT2D eigenvalue weighted by Gasteiger charge is -2.73. The number of allylic oxidation sites excluding steroid dienone is 10. The van der Waals surface area contributed by atoms with E-state index in [1.165, 1.54) is 111 Å². The molecule has 17 aliphatic rings. The lowest BCUT2D eigenvalue weighted by molar-refractivity contribution is -0.246. The summed E-state index contributed by atoms with van der Waals surface area (Å²) in [6, 6.07) is 14.7. The molecule has 18 heteroatoms. The van der Waals surface area contributed by atoms with Crippen molar-refractivity contribution in [2.24, 2.45) is 138 Å². The van der Waals surface area contributed by atoms with Crippen molar-refractivity contribution in [1.29, 1.82) is 0 Å². The first-order valence-corrected chi connectivity index (χ1v) is 51.2. The third kappa shape index (κ3) is 16.9. The van der Waals surface area contributed by atoms with Crippen molar-refractivity contribution in [2.45, 2.75) is 295 Å². The summed E-state index contributed by atoms with van der Waals surface area (Å²) in [5.74, 6) is 10.7. The molecule has 13 aliphatic carbocycles. The number of rotatable bonds is 10. The second-order valence-electron chi connectivity index (χ2n) is 47.3. The average molecular weight is 1860 g/mol. The number of aromatic hydroxyl groups is 4. The summed E-state index contributed by atoms with van der Waals surface area (Å²) < 4.78 is 28.1. The van der Waals surface area contributed by atoms with Crippen LogP contribution in [0.4, 0.5) is 0 Å². The number of methoxy groups -OCH3 is 1. The maximum atomic E-state index is 11.9. The number of carbonyl (C=O) groups excluding carboxylic acids is 2. The molecule has 21 rings (SSSR count). The summed E-state index contributed by atoms with van der Waals surface area (Å²) >= 11 is 0. The summed E-state index contributed by atoms with van der Waals surface area (Å²) in [6.45, 7) is 53.7. The molecule has 12 fully saturated rings. The largest absolute Gasteiger partial charge is 0.508 e. The van der Waals surface area contributed by atoms with Crippen molar-refractivity contribution in [3.63, 3.8) is 0 Å². The molecule has 28 atom stereocenters. The van der Waals surface area contributed by atoms with Gasteiger partial charge in [0.25, 0.3) is 0 Å². The van der Waals surface area contributed by atoms with Crippen LogP contribution >= 0.6 is 0 Å². The molecule has 2 unspecified atom stereocenters. The molecule has 4 aromatic rings. The zero-order valence-corrected chi connectivity index (χ0v) is 83.9. The van der Waals surface area contributed by atoms with E-state index < -0.39 is 0 Å². The van der Waals surface area contributed by atoms with Gasteiger partial charge in [-0.05, 0) is 366 Å². The molecule has 4 heterocycles. The highest BCUT2D eigenvalue weighted by Crippen LogP contribution is 2.79. The standard InChI is InChI=1S/C30H50O.C22H32O2.C22H30O2.C21H24O5.C12H12O4.C11H10O4/c1-19(2)20-11-14-27(5)17-18-29(7)21(25(20)27)9-10-23-28(6)15-13-24(31)26(3,4)22(28)12-16-30(23,29)8;2*1-13(2)17-7-8-18-16-6-5-14-11-15(23)9-10-21(14,3)19(16)12-20(24)22(17,18)4;1-12-3-4-14(8-19(12)24-2)21-17-11-25-20(16(17)10-26-21)13-5-6-18(23)15(7-13)9-22;1-7-2-3-8-4-9(5-13)10(6-14)11(15)12(8)16-7;1-6-2-3-7-4-8(5-12)9(13)10(14)11(7)15-6/h20-25,31H,1,9-18H2,2-8H3;11,16-20,24H,1,5-10,12H2,2-4H3;5-6,11,16-20,24H,1,7-10,12H2,2-4H3;3-8,16-17,20-23H,9-11H2,1-2H3;2-4,13-15H,1,5-6H2;2-4,12-14H,1,5H2/t20-,21+,22-,23+,24-,25+,27+,28-,29+,30+;2*16-,17?,18-,19-,20+,21-,22+;16-,17-,20+,21+;;/m0000../s1. The van der Waals surface area contributed by atoms with Crippen LogP contribution < -0.4 is 14.2 Å². The maximum Gasteiger partial charge on any atom is 0.202 e. The van der Waals surface area contributed by atoms with E-state index >= 15 is 0 Å². The van der Waals surface area contributed by atoms with Crippen LogP contribution in [0.3, 0.4) is 0 Å². The van der Waals surface area contributed by atoms with Crippen LogP contribution in [0.15, 0.2) is 157 Å². The number of aliphatic hydroxyl groups is 7. The summed E-state index contributed by atoms with van der Waals surface area (Å²) in [5.41, 5.74) is 14.6. The van der Waals surface area contributed by atoms with Gasteiger partial charge in [-0.25, -0.2) is 0 Å². The van der Waals surface area contributed by atoms with Crippen LogP contribution in [-0.4, -0.2) is 106 Å². The molecule has 10 saturated carbocycles. The molecule has 0 amide bonds. The normalized spacial score (nSPS) is 39.3. The first-order chi connectivity index (χ1) is 64.3. The number of aliphatic hydroxyl groups excluding tert-OH is 7. The van der Waals surface area contributed by atoms with Gasteiger partial charge in [-0.3, -0.25) is 9.59 Å². The van der Waals surface area contributed by atoms with E-state index in [4.69, 9.17) is 39.0 Å². The van der Waals surface area contributed by atoms with Gasteiger partial charge < -0.3 is 79.9 Å². The summed E-state index contributed by atoms with van der Waals surface area (Å²) in [5, 5.41) is 109. The highest BCUT2D eigenvalue weighted by molar-refractivity contribution is 5.92. The van der Waals surface area contributed by atoms with Crippen molar-refractivity contribution in [2.75, 3.05) is 20.3 Å². The van der Waals surface area contributed by atoms with Gasteiger partial charge in [0.15, 0.2) is 34.6 Å². The van der Waals surface area contributed by atoms with Gasteiger partial charge in [-0.2, -0.15) is 0 Å². The van der Waals surface area contributed by atoms with Gasteiger partial charge in [0.05, 0.1) is 77.3 Å². The predicted octanol–water partition coefficient (Wildman–Crippen LogP) is 23.2. The van der Waals surface area contributed by atoms with Gasteiger partial charge in [-0.1, -0.05) is 155 Å². The lowest BCUT2D eigenvalue weighted by atomic mass is 9.32. The number of phenols is 4. The van der Waals surface area contributed by atoms with Crippen LogP contribution in [0, 0.1) is 144 Å². The van der Waals surface area contributed by atoms with Crippen LogP contribution in [-0.2, 0) is 45.5 Å². The van der Waals surface area contributed by atoms with E-state index in [2.05, 4.69) is 153 Å². The number of carbonyl (C=O) groups is 2. The quantitative estimate of drug-likeness (QED) is 0.0519. The van der Waals surface area contributed by atoms with E-state index in [9.17, 15) is 50.4 Å². The molecule has 18 nitrogen and oxygen atoms in total. The molecule has 0 radical (unpaired) electrons. The van der Waals surface area contributed by atoms with E-state index in [-0.39, 0.29) is 147 Å². The van der Waals surface area contributed by atoms with Crippen LogP contribution in [0.2, 0.25) is 0 Å². The van der Waals surface area contributed by atoms with Crippen molar-refractivity contribution in [3.05, 3.63) is 207 Å². The molecule has 136 heavy (non-hydrogen) atoms. The Labute approximate surface area is 809 Å². The highest BCUT2D eigenvalue weighted by atomic mass is 16.5. The fourth-order valence-electron chi connectivity index (χ4n) is 32.8. The monoisotopic (exact) mass is 1860 g/mol. The molecule has 4 aliphatic heterocycles. The molecule has 4 aromatic carbocycles. The minimum absolute atomic E-state index is 0.00562. The Morgan fingerprint density at radius 3 is 1.65 bits per heavy atom. The highest BCUT2D eigenvalue weighted by Gasteiger charge is 2.71. The average Bonchev–Trinajstić information content (AvgIpc) is 1.08. The Kier molecular flexibility index (Phi) is 28.2. The lowest BCUT2D eigenvalue weighted by Crippen LogP contribution is -2.66. The van der Waals surface area contributed by atoms with Crippen molar-refractivity contribution >= 4 is 23.7 Å². The van der Waals surface area contributed by atoms with Crippen LogP contribution in [0.5, 0.6) is 40.2 Å². The second kappa shape index (κ2) is 38.0. The second-order valence-corrected chi connectivity index (χ2v) is 47.3. The van der Waals surface area contributed by atoms with Gasteiger partial charge in [0, 0.05) is 63.3 Å². The van der Waals surface area contributed by atoms with Crippen molar-refractivity contribution in [1.82, 2.24) is 0 Å². The number of ether oxygens (including phenoxy) is 5. The predicted molar refractivity (Wildman–Crippen MR) is 533 cm³/mol. The molecule has 0 bridgehead atoms. The van der Waals surface area contributed by atoms with Gasteiger partial charge >= 0.3 is 0 Å². The Morgan fingerprint density at radius 1 is 0.485 bits per heavy atom. The van der Waals surface area contributed by atoms with E-state index in [0.29, 0.717) is 141 Å². The van der Waals surface area contributed by atoms with E-state index in [1.807, 2.05) is 31.2 Å². The Morgan fingerprint density at radius 2 is 1.05 bits per heavy atom.